The van der Waals surface area contributed by atoms with Crippen molar-refractivity contribution in [2.75, 3.05) is 0 Å². The number of benzene rings is 3. The first-order chi connectivity index (χ1) is 22.6. The Hall–Kier alpha value is -3.50. The molecule has 3 aromatic carbocycles. The third-order valence-electron chi connectivity index (χ3n) is 8.40. The number of rotatable bonds is 25. The Morgan fingerprint density at radius 3 is 1.76 bits per heavy atom. The van der Waals surface area contributed by atoms with E-state index in [9.17, 15) is 9.18 Å². The molecule has 3 nitrogen and oxygen atoms in total. The first-order valence-electron chi connectivity index (χ1n) is 17.6. The van der Waals surface area contributed by atoms with E-state index in [0.717, 1.165) is 35.3 Å². The van der Waals surface area contributed by atoms with Crippen molar-refractivity contribution < 1.29 is 18.7 Å². The molecule has 0 aromatic heterocycles. The largest absolute Gasteiger partial charge is 0.465 e. The molecule has 0 aliphatic heterocycles. The van der Waals surface area contributed by atoms with Crippen LogP contribution in [0.2, 0.25) is 0 Å². The highest BCUT2D eigenvalue weighted by atomic mass is 19.1. The smallest absolute Gasteiger partial charge is 0.200 e. The summed E-state index contributed by atoms with van der Waals surface area (Å²) in [5.41, 5.74) is 3.52. The lowest BCUT2D eigenvalue weighted by atomic mass is 10.0. The second-order valence-corrected chi connectivity index (χ2v) is 12.3. The Bertz CT molecular complexity index is 1260. The molecular formula is C42H55FO3. The Kier molecular flexibility index (Phi) is 18.4. The van der Waals surface area contributed by atoms with Crippen molar-refractivity contribution in [2.45, 2.75) is 123 Å². The fraction of sp³-hybridized carbons (Fsp3) is 0.452. The lowest BCUT2D eigenvalue weighted by Crippen LogP contribution is -2.20. The van der Waals surface area contributed by atoms with Gasteiger partial charge < -0.3 is 9.47 Å². The molecule has 0 amide bonds. The van der Waals surface area contributed by atoms with Crippen molar-refractivity contribution in [1.29, 1.82) is 0 Å². The van der Waals surface area contributed by atoms with Crippen LogP contribution in [0, 0.1) is 5.82 Å². The highest BCUT2D eigenvalue weighted by Crippen LogP contribution is 2.21. The number of ether oxygens (including phenoxy) is 2. The van der Waals surface area contributed by atoms with Crippen molar-refractivity contribution in [2.24, 2.45) is 0 Å². The molecule has 0 aliphatic rings. The van der Waals surface area contributed by atoms with Gasteiger partial charge in [0.1, 0.15) is 11.6 Å². The lowest BCUT2D eigenvalue weighted by Gasteiger charge is -2.20. The monoisotopic (exact) mass is 626 g/mol. The van der Waals surface area contributed by atoms with E-state index in [1.807, 2.05) is 42.5 Å². The number of unbranched alkanes of at least 4 members (excludes halogenated alkanes) is 14. The fourth-order valence-electron chi connectivity index (χ4n) is 5.49. The van der Waals surface area contributed by atoms with E-state index in [-0.39, 0.29) is 17.9 Å². The van der Waals surface area contributed by atoms with Crippen molar-refractivity contribution in [3.05, 3.63) is 114 Å². The summed E-state index contributed by atoms with van der Waals surface area (Å²) >= 11 is 0. The number of ketones is 1. The molecule has 0 radical (unpaired) electrons. The van der Waals surface area contributed by atoms with Crippen molar-refractivity contribution in [3.63, 3.8) is 0 Å². The van der Waals surface area contributed by atoms with E-state index >= 15 is 0 Å². The van der Waals surface area contributed by atoms with Crippen LogP contribution in [0.4, 0.5) is 4.39 Å². The van der Waals surface area contributed by atoms with Crippen LogP contribution in [-0.4, -0.2) is 12.1 Å². The van der Waals surface area contributed by atoms with Gasteiger partial charge in [-0.15, -0.1) is 0 Å². The third-order valence-corrected chi connectivity index (χ3v) is 8.40. The van der Waals surface area contributed by atoms with E-state index in [4.69, 9.17) is 9.47 Å². The van der Waals surface area contributed by atoms with Crippen LogP contribution >= 0.6 is 0 Å². The number of allylic oxidation sites excluding steroid dienone is 1. The van der Waals surface area contributed by atoms with Gasteiger partial charge in [-0.2, -0.15) is 0 Å². The number of carbonyl (C=O) groups excluding carboxylic acids is 1. The summed E-state index contributed by atoms with van der Waals surface area (Å²) in [7, 11) is 0. The zero-order valence-electron chi connectivity index (χ0n) is 28.1. The Labute approximate surface area is 277 Å². The maximum absolute atomic E-state index is 13.2. The van der Waals surface area contributed by atoms with Crippen LogP contribution in [0.1, 0.15) is 137 Å². The van der Waals surface area contributed by atoms with Gasteiger partial charge in [-0.05, 0) is 65.6 Å². The minimum atomic E-state index is -0.358. The Morgan fingerprint density at radius 2 is 1.22 bits per heavy atom. The summed E-state index contributed by atoms with van der Waals surface area (Å²) in [6.45, 7) is 6.59. The van der Waals surface area contributed by atoms with Crippen LogP contribution in [0.25, 0.3) is 12.2 Å². The Balaban J connectivity index is 1.39. The molecule has 0 saturated carbocycles. The van der Waals surface area contributed by atoms with Crippen molar-refractivity contribution in [1.82, 2.24) is 0 Å². The van der Waals surface area contributed by atoms with Crippen LogP contribution < -0.4 is 4.74 Å². The normalized spacial score (nSPS) is 12.0. The molecule has 0 bridgehead atoms. The van der Waals surface area contributed by atoms with Gasteiger partial charge in [0.2, 0.25) is 0 Å². The summed E-state index contributed by atoms with van der Waals surface area (Å²) in [5.74, 6) is 0.206. The second kappa shape index (κ2) is 22.9. The molecule has 3 rings (SSSR count). The average molecular weight is 627 g/mol. The maximum Gasteiger partial charge on any atom is 0.200 e. The van der Waals surface area contributed by atoms with Crippen molar-refractivity contribution in [3.8, 4) is 5.75 Å². The highest BCUT2D eigenvalue weighted by Gasteiger charge is 2.12. The summed E-state index contributed by atoms with van der Waals surface area (Å²) < 4.78 is 25.7. The molecule has 0 N–H and O–H groups in total. The van der Waals surface area contributed by atoms with Gasteiger partial charge in [-0.1, -0.05) is 152 Å². The highest BCUT2D eigenvalue weighted by molar-refractivity contribution is 6.06. The molecule has 1 atom stereocenters. The van der Waals surface area contributed by atoms with Crippen LogP contribution in [-0.2, 0) is 11.3 Å². The topological polar surface area (TPSA) is 35.5 Å². The van der Waals surface area contributed by atoms with E-state index in [1.54, 1.807) is 6.08 Å². The molecule has 4 heteroatoms. The molecular weight excluding hydrogens is 571 g/mol. The molecule has 46 heavy (non-hydrogen) atoms. The first-order valence-corrected chi connectivity index (χ1v) is 17.6. The zero-order valence-corrected chi connectivity index (χ0v) is 28.1. The molecule has 0 spiro atoms. The van der Waals surface area contributed by atoms with Crippen LogP contribution in [0.5, 0.6) is 5.75 Å². The number of carbonyl (C=O) groups is 1. The van der Waals surface area contributed by atoms with Gasteiger partial charge in [-0.25, -0.2) is 4.39 Å². The minimum Gasteiger partial charge on any atom is -0.465 e. The fourth-order valence-corrected chi connectivity index (χ4v) is 5.49. The molecule has 0 aliphatic carbocycles. The van der Waals surface area contributed by atoms with E-state index in [1.165, 1.54) is 120 Å². The SMILES string of the molecule is C=Cc1ccc(COC(CCCCCCCCCCCCCCCCC)Oc2ccc(C=CC(=O)c3ccc(F)cc3)cc2)cc1. The summed E-state index contributed by atoms with van der Waals surface area (Å²) in [6, 6.07) is 21.4. The first kappa shape index (κ1) is 37.0. The summed E-state index contributed by atoms with van der Waals surface area (Å²) in [5, 5.41) is 0. The molecule has 1 unspecified atom stereocenters. The standard InChI is InChI=1S/C42H55FO3/c1-3-5-6-7-8-9-10-11-12-13-14-15-16-17-18-19-42(45-34-37-22-20-35(4-2)21-23-37)46-40-31-24-36(25-32-40)26-33-41(44)38-27-29-39(43)30-28-38/h4,20-33,42H,2-3,5-19,34H2,1H3. The predicted molar refractivity (Wildman–Crippen MR) is 191 cm³/mol. The van der Waals surface area contributed by atoms with Gasteiger partial charge >= 0.3 is 0 Å². The molecule has 0 fully saturated rings. The van der Waals surface area contributed by atoms with Crippen LogP contribution in [0.15, 0.2) is 85.5 Å². The average Bonchev–Trinajstić information content (AvgIpc) is 3.08. The molecule has 0 saturated heterocycles. The quantitative estimate of drug-likeness (QED) is 0.0406. The van der Waals surface area contributed by atoms with E-state index < -0.39 is 0 Å². The van der Waals surface area contributed by atoms with Gasteiger partial charge in [0.05, 0.1) is 6.61 Å². The van der Waals surface area contributed by atoms with E-state index in [2.05, 4.69) is 25.6 Å². The van der Waals surface area contributed by atoms with Gasteiger partial charge in [0.25, 0.3) is 0 Å². The Morgan fingerprint density at radius 1 is 0.696 bits per heavy atom. The summed E-state index contributed by atoms with van der Waals surface area (Å²) in [6.07, 6.45) is 25.6. The molecule has 0 heterocycles. The summed E-state index contributed by atoms with van der Waals surface area (Å²) in [4.78, 5) is 12.4. The molecule has 248 valence electrons. The van der Waals surface area contributed by atoms with E-state index in [0.29, 0.717) is 12.2 Å². The minimum absolute atomic E-state index is 0.168. The zero-order chi connectivity index (χ0) is 32.7. The number of halogens is 1. The van der Waals surface area contributed by atoms with Gasteiger partial charge in [0.15, 0.2) is 12.1 Å². The van der Waals surface area contributed by atoms with Gasteiger partial charge in [0, 0.05) is 12.0 Å². The maximum atomic E-state index is 13.2. The number of hydrogen-bond acceptors (Lipinski definition) is 3. The third kappa shape index (κ3) is 15.7. The second-order valence-electron chi connectivity index (χ2n) is 12.3. The van der Waals surface area contributed by atoms with Gasteiger partial charge in [-0.3, -0.25) is 4.79 Å². The van der Waals surface area contributed by atoms with Crippen molar-refractivity contribution >= 4 is 17.9 Å². The lowest BCUT2D eigenvalue weighted by molar-refractivity contribution is -0.0944. The number of hydrogen-bond donors (Lipinski definition) is 0. The van der Waals surface area contributed by atoms with Crippen LogP contribution in [0.3, 0.4) is 0 Å². The molecule has 3 aromatic rings. The predicted octanol–water partition coefficient (Wildman–Crippen LogP) is 12.5.